The van der Waals surface area contributed by atoms with E-state index in [4.69, 9.17) is 10.5 Å². The molecular formula is C12H15NO2. The molecule has 1 saturated heterocycles. The molecule has 1 aromatic rings. The lowest BCUT2D eigenvalue weighted by atomic mass is 10.0. The summed E-state index contributed by atoms with van der Waals surface area (Å²) in [6, 6.07) is 6.99. The lowest BCUT2D eigenvalue weighted by Gasteiger charge is -2.09. The number of ketones is 1. The molecule has 2 rings (SSSR count). The highest BCUT2D eigenvalue weighted by atomic mass is 16.5. The van der Waals surface area contributed by atoms with Crippen LogP contribution < -0.4 is 5.73 Å². The van der Waals surface area contributed by atoms with E-state index in [0.717, 1.165) is 12.8 Å². The van der Waals surface area contributed by atoms with Gasteiger partial charge in [-0.15, -0.1) is 0 Å². The molecule has 3 nitrogen and oxygen atoms in total. The van der Waals surface area contributed by atoms with E-state index in [9.17, 15) is 4.79 Å². The summed E-state index contributed by atoms with van der Waals surface area (Å²) in [6.07, 6.45) is 1.73. The summed E-state index contributed by atoms with van der Waals surface area (Å²) >= 11 is 0. The maximum absolute atomic E-state index is 11.9. The Morgan fingerprint density at radius 2 is 2.00 bits per heavy atom. The van der Waals surface area contributed by atoms with Gasteiger partial charge in [-0.05, 0) is 44.0 Å². The Balaban J connectivity index is 2.11. The van der Waals surface area contributed by atoms with E-state index in [1.54, 1.807) is 24.3 Å². The molecule has 0 bridgehead atoms. The Hall–Kier alpha value is -1.35. The summed E-state index contributed by atoms with van der Waals surface area (Å²) in [5, 5.41) is 0. The molecule has 80 valence electrons. The minimum absolute atomic E-state index is 0.0688. The Morgan fingerprint density at radius 3 is 2.53 bits per heavy atom. The number of nitrogens with two attached hydrogens (primary N) is 1. The SMILES string of the molecule is CC1CCC(C(=O)c2ccc(N)cc2)O1. The normalized spacial score (nSPS) is 25.4. The predicted octanol–water partition coefficient (Wildman–Crippen LogP) is 2.02. The number of carbonyl (C=O) groups is 1. The number of carbonyl (C=O) groups excluding carboxylic acids is 1. The smallest absolute Gasteiger partial charge is 0.191 e. The van der Waals surface area contributed by atoms with Gasteiger partial charge in [-0.3, -0.25) is 4.79 Å². The van der Waals surface area contributed by atoms with Gasteiger partial charge in [-0.1, -0.05) is 0 Å². The van der Waals surface area contributed by atoms with Crippen LogP contribution in [0.3, 0.4) is 0 Å². The van der Waals surface area contributed by atoms with Gasteiger partial charge in [-0.25, -0.2) is 0 Å². The molecule has 1 aromatic carbocycles. The minimum Gasteiger partial charge on any atom is -0.399 e. The second kappa shape index (κ2) is 4.03. The zero-order valence-electron chi connectivity index (χ0n) is 8.77. The Labute approximate surface area is 89.2 Å². The van der Waals surface area contributed by atoms with Crippen LogP contribution in [-0.2, 0) is 4.74 Å². The van der Waals surface area contributed by atoms with Crippen LogP contribution in [0.4, 0.5) is 5.69 Å². The van der Waals surface area contributed by atoms with Gasteiger partial charge in [0, 0.05) is 11.3 Å². The fraction of sp³-hybridized carbons (Fsp3) is 0.417. The van der Waals surface area contributed by atoms with Crippen molar-refractivity contribution in [3.05, 3.63) is 29.8 Å². The van der Waals surface area contributed by atoms with Crippen molar-refractivity contribution < 1.29 is 9.53 Å². The van der Waals surface area contributed by atoms with Gasteiger partial charge < -0.3 is 10.5 Å². The van der Waals surface area contributed by atoms with Gasteiger partial charge in [-0.2, -0.15) is 0 Å². The van der Waals surface area contributed by atoms with E-state index in [2.05, 4.69) is 0 Å². The summed E-state index contributed by atoms with van der Waals surface area (Å²) in [5.74, 6) is 0.0688. The zero-order chi connectivity index (χ0) is 10.8. The first-order valence-corrected chi connectivity index (χ1v) is 5.22. The third-order valence-corrected chi connectivity index (χ3v) is 2.72. The van der Waals surface area contributed by atoms with E-state index in [1.165, 1.54) is 0 Å². The molecule has 2 atom stereocenters. The highest BCUT2D eigenvalue weighted by Gasteiger charge is 2.28. The van der Waals surface area contributed by atoms with Crippen molar-refractivity contribution in [1.29, 1.82) is 0 Å². The van der Waals surface area contributed by atoms with Crippen molar-refractivity contribution >= 4 is 11.5 Å². The van der Waals surface area contributed by atoms with Crippen LogP contribution in [0.25, 0.3) is 0 Å². The van der Waals surface area contributed by atoms with Crippen LogP contribution in [0.2, 0.25) is 0 Å². The lowest BCUT2D eigenvalue weighted by molar-refractivity contribution is 0.0433. The predicted molar refractivity (Wildman–Crippen MR) is 58.8 cm³/mol. The summed E-state index contributed by atoms with van der Waals surface area (Å²) in [7, 11) is 0. The fourth-order valence-electron chi connectivity index (χ4n) is 1.83. The average molecular weight is 205 g/mol. The van der Waals surface area contributed by atoms with E-state index < -0.39 is 0 Å². The molecule has 1 aliphatic rings. The van der Waals surface area contributed by atoms with Crippen molar-refractivity contribution in [3.8, 4) is 0 Å². The van der Waals surface area contributed by atoms with Crippen LogP contribution >= 0.6 is 0 Å². The summed E-state index contributed by atoms with van der Waals surface area (Å²) in [5.41, 5.74) is 6.92. The number of rotatable bonds is 2. The average Bonchev–Trinajstić information content (AvgIpc) is 2.65. The largest absolute Gasteiger partial charge is 0.399 e. The molecule has 0 spiro atoms. The van der Waals surface area contributed by atoms with Gasteiger partial charge >= 0.3 is 0 Å². The molecule has 2 unspecified atom stereocenters. The van der Waals surface area contributed by atoms with Crippen molar-refractivity contribution in [1.82, 2.24) is 0 Å². The summed E-state index contributed by atoms with van der Waals surface area (Å²) < 4.78 is 5.53. The molecule has 1 aliphatic heterocycles. The van der Waals surface area contributed by atoms with Gasteiger partial charge in [0.15, 0.2) is 5.78 Å². The van der Waals surface area contributed by atoms with E-state index in [-0.39, 0.29) is 18.0 Å². The Bertz CT molecular complexity index is 358. The zero-order valence-corrected chi connectivity index (χ0v) is 8.77. The quantitative estimate of drug-likeness (QED) is 0.593. The summed E-state index contributed by atoms with van der Waals surface area (Å²) in [4.78, 5) is 11.9. The van der Waals surface area contributed by atoms with Gasteiger partial charge in [0.05, 0.1) is 6.10 Å². The first-order valence-electron chi connectivity index (χ1n) is 5.22. The molecule has 1 heterocycles. The lowest BCUT2D eigenvalue weighted by Crippen LogP contribution is -2.20. The van der Waals surface area contributed by atoms with Crippen LogP contribution in [0, 0.1) is 0 Å². The molecule has 2 N–H and O–H groups in total. The first-order chi connectivity index (χ1) is 7.16. The van der Waals surface area contributed by atoms with Crippen LogP contribution in [0.1, 0.15) is 30.1 Å². The molecule has 0 amide bonds. The second-order valence-corrected chi connectivity index (χ2v) is 4.00. The van der Waals surface area contributed by atoms with Gasteiger partial charge in [0.1, 0.15) is 6.10 Å². The summed E-state index contributed by atoms with van der Waals surface area (Å²) in [6.45, 7) is 2.00. The molecule has 0 aromatic heterocycles. The third-order valence-electron chi connectivity index (χ3n) is 2.72. The first kappa shape index (κ1) is 10.2. The number of ether oxygens (including phenoxy) is 1. The monoisotopic (exact) mass is 205 g/mol. The Morgan fingerprint density at radius 1 is 1.33 bits per heavy atom. The molecular weight excluding hydrogens is 190 g/mol. The van der Waals surface area contributed by atoms with E-state index in [0.29, 0.717) is 11.3 Å². The number of hydrogen-bond donors (Lipinski definition) is 1. The fourth-order valence-corrected chi connectivity index (χ4v) is 1.83. The molecule has 0 radical (unpaired) electrons. The number of nitrogen functional groups attached to an aromatic ring is 1. The molecule has 0 aliphatic carbocycles. The maximum Gasteiger partial charge on any atom is 0.191 e. The van der Waals surface area contributed by atoms with E-state index in [1.807, 2.05) is 6.92 Å². The standard InChI is InChI=1S/C12H15NO2/c1-8-2-7-11(15-8)12(14)9-3-5-10(13)6-4-9/h3-6,8,11H,2,7,13H2,1H3. The Kier molecular flexibility index (Phi) is 2.73. The number of hydrogen-bond acceptors (Lipinski definition) is 3. The minimum atomic E-state index is -0.261. The van der Waals surface area contributed by atoms with Gasteiger partial charge in [0.2, 0.25) is 0 Å². The van der Waals surface area contributed by atoms with Crippen molar-refractivity contribution in [2.75, 3.05) is 5.73 Å². The van der Waals surface area contributed by atoms with Crippen molar-refractivity contribution in [2.45, 2.75) is 32.0 Å². The highest BCUT2D eigenvalue weighted by molar-refractivity contribution is 5.99. The van der Waals surface area contributed by atoms with Crippen LogP contribution in [0.5, 0.6) is 0 Å². The van der Waals surface area contributed by atoms with Crippen LogP contribution in [-0.4, -0.2) is 18.0 Å². The third kappa shape index (κ3) is 2.18. The molecule has 15 heavy (non-hydrogen) atoms. The number of Topliss-reactive ketones (excluding diaryl/α,β-unsaturated/α-hetero) is 1. The highest BCUT2D eigenvalue weighted by Crippen LogP contribution is 2.22. The maximum atomic E-state index is 11.9. The molecule has 0 saturated carbocycles. The van der Waals surface area contributed by atoms with E-state index >= 15 is 0 Å². The van der Waals surface area contributed by atoms with Crippen molar-refractivity contribution in [2.24, 2.45) is 0 Å². The van der Waals surface area contributed by atoms with Crippen LogP contribution in [0.15, 0.2) is 24.3 Å². The molecule has 3 heteroatoms. The number of anilines is 1. The number of benzene rings is 1. The second-order valence-electron chi connectivity index (χ2n) is 4.00. The van der Waals surface area contributed by atoms with Gasteiger partial charge in [0.25, 0.3) is 0 Å². The molecule has 1 fully saturated rings. The van der Waals surface area contributed by atoms with Crippen molar-refractivity contribution in [3.63, 3.8) is 0 Å². The topological polar surface area (TPSA) is 52.3 Å².